The molecule has 164 valence electrons. The molecule has 0 aliphatic heterocycles. The second kappa shape index (κ2) is 8.92. The van der Waals surface area contributed by atoms with E-state index in [4.69, 9.17) is 11.6 Å². The molecule has 32 heavy (non-hydrogen) atoms. The number of amides is 1. The lowest BCUT2D eigenvalue weighted by Gasteiger charge is -2.09. The molecule has 1 amide bonds. The van der Waals surface area contributed by atoms with Crippen LogP contribution in [0.5, 0.6) is 0 Å². The van der Waals surface area contributed by atoms with Crippen LogP contribution in [0.25, 0.3) is 16.7 Å². The van der Waals surface area contributed by atoms with Gasteiger partial charge in [0.2, 0.25) is 5.91 Å². The van der Waals surface area contributed by atoms with E-state index in [1.165, 1.54) is 40.9 Å². The van der Waals surface area contributed by atoms with Crippen molar-refractivity contribution in [1.29, 1.82) is 0 Å². The molecule has 0 saturated carbocycles. The van der Waals surface area contributed by atoms with Crippen molar-refractivity contribution in [2.45, 2.75) is 32.9 Å². The Labute approximate surface area is 188 Å². The number of hydrogen-bond donors (Lipinski definition) is 1. The van der Waals surface area contributed by atoms with Gasteiger partial charge in [-0.2, -0.15) is 5.10 Å². The number of aromatic nitrogens is 4. The van der Waals surface area contributed by atoms with Crippen LogP contribution >= 0.6 is 11.6 Å². The normalized spacial score (nSPS) is 11.3. The van der Waals surface area contributed by atoms with Crippen LogP contribution in [0, 0.1) is 5.82 Å². The van der Waals surface area contributed by atoms with E-state index < -0.39 is 11.7 Å². The number of fused-ring (bicyclic) bond motifs is 1. The van der Waals surface area contributed by atoms with Crippen molar-refractivity contribution < 1.29 is 9.18 Å². The Morgan fingerprint density at radius 3 is 2.62 bits per heavy atom. The first kappa shape index (κ1) is 21.7. The Kier molecular flexibility index (Phi) is 6.05. The Balaban J connectivity index is 1.51. The van der Waals surface area contributed by atoms with Crippen molar-refractivity contribution >= 4 is 28.5 Å². The summed E-state index contributed by atoms with van der Waals surface area (Å²) < 4.78 is 16.0. The molecule has 0 bridgehead atoms. The number of halogens is 2. The van der Waals surface area contributed by atoms with Gasteiger partial charge >= 0.3 is 0 Å². The molecular weight excluding hydrogens is 433 g/mol. The van der Waals surface area contributed by atoms with Gasteiger partial charge in [-0.25, -0.2) is 14.1 Å². The van der Waals surface area contributed by atoms with E-state index in [0.29, 0.717) is 22.5 Å². The number of benzene rings is 2. The highest BCUT2D eigenvalue weighted by molar-refractivity contribution is 6.31. The average Bonchev–Trinajstić information content (AvgIpc) is 3.20. The van der Waals surface area contributed by atoms with E-state index in [1.54, 1.807) is 4.68 Å². The highest BCUT2D eigenvalue weighted by Crippen LogP contribution is 2.19. The molecule has 4 aromatic rings. The fourth-order valence-electron chi connectivity index (χ4n) is 3.32. The van der Waals surface area contributed by atoms with E-state index in [9.17, 15) is 14.0 Å². The molecule has 0 saturated heterocycles. The van der Waals surface area contributed by atoms with Crippen LogP contribution in [0.3, 0.4) is 0 Å². The van der Waals surface area contributed by atoms with E-state index in [1.807, 2.05) is 24.3 Å². The summed E-state index contributed by atoms with van der Waals surface area (Å²) in [5.41, 5.74) is 2.63. The fourth-order valence-corrected chi connectivity index (χ4v) is 3.55. The lowest BCUT2D eigenvalue weighted by molar-refractivity contribution is -0.121. The summed E-state index contributed by atoms with van der Waals surface area (Å²) in [5.74, 6) is -0.438. The number of carbonyl (C=O) groups is 1. The highest BCUT2D eigenvalue weighted by Gasteiger charge is 2.14. The number of hydrogen-bond acceptors (Lipinski definition) is 4. The van der Waals surface area contributed by atoms with Gasteiger partial charge < -0.3 is 5.32 Å². The molecule has 1 N–H and O–H groups in total. The number of nitrogens with one attached hydrogen (secondary N) is 1. The highest BCUT2D eigenvalue weighted by atomic mass is 35.5. The lowest BCUT2D eigenvalue weighted by atomic mass is 10.0. The van der Waals surface area contributed by atoms with Crippen molar-refractivity contribution in [3.8, 4) is 5.69 Å². The maximum Gasteiger partial charge on any atom is 0.264 e. The van der Waals surface area contributed by atoms with Crippen molar-refractivity contribution in [3.63, 3.8) is 0 Å². The minimum Gasteiger partial charge on any atom is -0.350 e. The van der Waals surface area contributed by atoms with Crippen molar-refractivity contribution in [2.24, 2.45) is 0 Å². The summed E-state index contributed by atoms with van der Waals surface area (Å²) in [7, 11) is 0. The van der Waals surface area contributed by atoms with Gasteiger partial charge in [0.1, 0.15) is 24.1 Å². The molecule has 2 aromatic heterocycles. The van der Waals surface area contributed by atoms with E-state index in [-0.39, 0.29) is 23.7 Å². The maximum absolute atomic E-state index is 13.1. The lowest BCUT2D eigenvalue weighted by Crippen LogP contribution is -2.32. The van der Waals surface area contributed by atoms with Gasteiger partial charge in [-0.1, -0.05) is 43.6 Å². The van der Waals surface area contributed by atoms with Gasteiger partial charge in [-0.15, -0.1) is 0 Å². The standard InChI is InChI=1S/C23H21ClFN5O2/c1-14(2)15-4-7-18(8-5-15)30-22-19(11-28-30)23(32)29(13-27-22)12-21(31)26-10-16-3-6-17(25)9-20(16)24/h3-9,11,13-14H,10,12H2,1-2H3,(H,26,31). The SMILES string of the molecule is CC(C)c1ccc(-n2ncc3c(=O)n(CC(=O)NCc4ccc(F)cc4Cl)cnc32)cc1. The monoisotopic (exact) mass is 453 g/mol. The molecule has 2 aromatic carbocycles. The van der Waals surface area contributed by atoms with Gasteiger partial charge in [0.05, 0.1) is 11.9 Å². The van der Waals surface area contributed by atoms with Gasteiger partial charge in [0.15, 0.2) is 5.65 Å². The van der Waals surface area contributed by atoms with Gasteiger partial charge in [-0.3, -0.25) is 14.2 Å². The van der Waals surface area contributed by atoms with E-state index >= 15 is 0 Å². The quantitative estimate of drug-likeness (QED) is 0.481. The summed E-state index contributed by atoms with van der Waals surface area (Å²) in [5, 5.41) is 7.52. The smallest absolute Gasteiger partial charge is 0.264 e. The van der Waals surface area contributed by atoms with Crippen LogP contribution in [0.4, 0.5) is 4.39 Å². The Bertz CT molecular complexity index is 1350. The predicted molar refractivity (Wildman–Crippen MR) is 120 cm³/mol. The van der Waals surface area contributed by atoms with Crippen molar-refractivity contribution in [1.82, 2.24) is 24.6 Å². The molecule has 4 rings (SSSR count). The number of nitrogens with zero attached hydrogens (tertiary/aromatic N) is 4. The van der Waals surface area contributed by atoms with Crippen molar-refractivity contribution in [3.05, 3.63) is 87.3 Å². The zero-order valence-corrected chi connectivity index (χ0v) is 18.3. The maximum atomic E-state index is 13.1. The minimum absolute atomic E-state index is 0.118. The first-order valence-electron chi connectivity index (χ1n) is 10.1. The zero-order chi connectivity index (χ0) is 22.8. The third kappa shape index (κ3) is 4.40. The average molecular weight is 454 g/mol. The second-order valence-electron chi connectivity index (χ2n) is 7.73. The zero-order valence-electron chi connectivity index (χ0n) is 17.5. The molecule has 0 fully saturated rings. The number of carbonyl (C=O) groups excluding carboxylic acids is 1. The van der Waals surface area contributed by atoms with Crippen LogP contribution in [-0.2, 0) is 17.9 Å². The van der Waals surface area contributed by atoms with E-state index in [2.05, 4.69) is 29.2 Å². The third-order valence-electron chi connectivity index (χ3n) is 5.16. The Morgan fingerprint density at radius 1 is 1.19 bits per heavy atom. The Morgan fingerprint density at radius 2 is 1.94 bits per heavy atom. The molecular formula is C23H21ClFN5O2. The topological polar surface area (TPSA) is 81.8 Å². The van der Waals surface area contributed by atoms with E-state index in [0.717, 1.165) is 5.69 Å². The predicted octanol–water partition coefficient (Wildman–Crippen LogP) is 3.81. The Hall–Kier alpha value is -3.52. The van der Waals surface area contributed by atoms with Crippen LogP contribution in [-0.4, -0.2) is 25.2 Å². The molecule has 0 unspecified atom stereocenters. The first-order valence-corrected chi connectivity index (χ1v) is 10.5. The molecule has 7 nitrogen and oxygen atoms in total. The van der Waals surface area contributed by atoms with Crippen LogP contribution in [0.1, 0.15) is 30.9 Å². The molecule has 0 aliphatic carbocycles. The van der Waals surface area contributed by atoms with Crippen molar-refractivity contribution in [2.75, 3.05) is 0 Å². The number of rotatable bonds is 6. The van der Waals surface area contributed by atoms with Gasteiger partial charge in [0.25, 0.3) is 5.56 Å². The summed E-state index contributed by atoms with van der Waals surface area (Å²) in [6.45, 7) is 4.14. The summed E-state index contributed by atoms with van der Waals surface area (Å²) in [6, 6.07) is 11.9. The molecule has 0 spiro atoms. The molecule has 2 heterocycles. The molecule has 0 radical (unpaired) electrons. The minimum atomic E-state index is -0.451. The van der Waals surface area contributed by atoms with Crippen LogP contribution in [0.15, 0.2) is 59.8 Å². The molecule has 0 atom stereocenters. The third-order valence-corrected chi connectivity index (χ3v) is 5.52. The molecule has 0 aliphatic rings. The largest absolute Gasteiger partial charge is 0.350 e. The molecule has 9 heteroatoms. The van der Waals surface area contributed by atoms with Gasteiger partial charge in [0, 0.05) is 11.6 Å². The fraction of sp³-hybridized carbons (Fsp3) is 0.217. The summed E-state index contributed by atoms with van der Waals surface area (Å²) >= 11 is 5.97. The second-order valence-corrected chi connectivity index (χ2v) is 8.14. The first-order chi connectivity index (χ1) is 15.3. The summed E-state index contributed by atoms with van der Waals surface area (Å²) in [6.07, 6.45) is 2.78. The van der Waals surface area contributed by atoms with Gasteiger partial charge in [-0.05, 0) is 41.3 Å². The summed E-state index contributed by atoms with van der Waals surface area (Å²) in [4.78, 5) is 29.5. The van der Waals surface area contributed by atoms with Crippen LogP contribution < -0.4 is 10.9 Å². The van der Waals surface area contributed by atoms with Crippen LogP contribution in [0.2, 0.25) is 5.02 Å².